The van der Waals surface area contributed by atoms with Gasteiger partial charge in [-0.2, -0.15) is 0 Å². The first-order chi connectivity index (χ1) is 11.8. The van der Waals surface area contributed by atoms with E-state index in [2.05, 4.69) is 19.1 Å². The van der Waals surface area contributed by atoms with Crippen molar-refractivity contribution in [2.75, 3.05) is 0 Å². The Morgan fingerprint density at radius 2 is 1.79 bits per heavy atom. The topological polar surface area (TPSA) is 12.9 Å². The average molecular weight is 325 g/mol. The van der Waals surface area contributed by atoms with Crippen LogP contribution in [-0.2, 0) is 12.8 Å². The van der Waals surface area contributed by atoms with Crippen molar-refractivity contribution in [1.82, 2.24) is 4.98 Å². The van der Waals surface area contributed by atoms with E-state index in [-0.39, 0.29) is 5.82 Å². The maximum absolute atomic E-state index is 13.1. The summed E-state index contributed by atoms with van der Waals surface area (Å²) in [5.74, 6) is 0.635. The molecule has 3 rings (SSSR count). The van der Waals surface area contributed by atoms with Gasteiger partial charge < -0.3 is 0 Å². The molecule has 1 aliphatic carbocycles. The number of hydrogen-bond donors (Lipinski definition) is 0. The lowest BCUT2D eigenvalue weighted by atomic mass is 9.83. The van der Waals surface area contributed by atoms with Crippen LogP contribution in [0.25, 0.3) is 11.3 Å². The molecule has 128 valence electrons. The van der Waals surface area contributed by atoms with Crippen LogP contribution in [0.4, 0.5) is 4.39 Å². The molecular formula is C22H28FN. The van der Waals surface area contributed by atoms with Crippen LogP contribution in [0.15, 0.2) is 36.4 Å². The standard InChI is InChI=1S/C22H28FN/c1-2-3-4-5-6-7-17-8-14-22-19(16-17)11-15-21(24-22)18-9-12-20(23)13-10-18/h9-13,15,17H,2-8,14,16H2,1H3. The quantitative estimate of drug-likeness (QED) is 0.540. The third-order valence-corrected chi connectivity index (χ3v) is 5.22. The molecule has 0 saturated carbocycles. The SMILES string of the molecule is CCCCCCCC1CCc2nc(-c3ccc(F)cc3)ccc2C1. The highest BCUT2D eigenvalue weighted by Crippen LogP contribution is 2.30. The third-order valence-electron chi connectivity index (χ3n) is 5.22. The van der Waals surface area contributed by atoms with Crippen molar-refractivity contribution in [3.8, 4) is 11.3 Å². The normalized spacial score (nSPS) is 16.8. The summed E-state index contributed by atoms with van der Waals surface area (Å²) < 4.78 is 13.1. The van der Waals surface area contributed by atoms with Crippen LogP contribution in [0.3, 0.4) is 0 Å². The monoisotopic (exact) mass is 325 g/mol. The minimum Gasteiger partial charge on any atom is -0.253 e. The summed E-state index contributed by atoms with van der Waals surface area (Å²) >= 11 is 0. The fourth-order valence-corrected chi connectivity index (χ4v) is 3.75. The van der Waals surface area contributed by atoms with Crippen LogP contribution < -0.4 is 0 Å². The van der Waals surface area contributed by atoms with Gasteiger partial charge in [-0.1, -0.05) is 51.5 Å². The molecule has 0 bridgehead atoms. The molecule has 1 aromatic heterocycles. The number of aryl methyl sites for hydroxylation is 1. The molecule has 2 heteroatoms. The number of nitrogens with zero attached hydrogens (tertiary/aromatic N) is 1. The van der Waals surface area contributed by atoms with Gasteiger partial charge in [0.15, 0.2) is 0 Å². The maximum Gasteiger partial charge on any atom is 0.123 e. The number of halogens is 1. The Bertz CT molecular complexity index is 648. The van der Waals surface area contributed by atoms with Gasteiger partial charge in [0.1, 0.15) is 5.82 Å². The number of unbranched alkanes of at least 4 members (excludes halogenated alkanes) is 4. The zero-order valence-electron chi connectivity index (χ0n) is 14.7. The zero-order chi connectivity index (χ0) is 16.8. The second-order valence-corrected chi connectivity index (χ2v) is 7.12. The molecule has 0 N–H and O–H groups in total. The van der Waals surface area contributed by atoms with Gasteiger partial charge in [-0.3, -0.25) is 4.98 Å². The van der Waals surface area contributed by atoms with Crippen molar-refractivity contribution in [2.24, 2.45) is 5.92 Å². The maximum atomic E-state index is 13.1. The van der Waals surface area contributed by atoms with Crippen LogP contribution in [0.1, 0.15) is 63.1 Å². The first-order valence-electron chi connectivity index (χ1n) is 9.51. The minimum absolute atomic E-state index is 0.196. The van der Waals surface area contributed by atoms with Crippen molar-refractivity contribution < 1.29 is 4.39 Å². The largest absolute Gasteiger partial charge is 0.253 e. The van der Waals surface area contributed by atoms with Gasteiger partial charge in [-0.05, 0) is 61.1 Å². The number of hydrogen-bond acceptors (Lipinski definition) is 1. The molecule has 0 fully saturated rings. The number of rotatable bonds is 7. The number of benzene rings is 1. The molecule has 1 unspecified atom stereocenters. The molecule has 0 radical (unpaired) electrons. The summed E-state index contributed by atoms with van der Waals surface area (Å²) in [5.41, 5.74) is 4.63. The molecule has 24 heavy (non-hydrogen) atoms. The Balaban J connectivity index is 1.59. The smallest absolute Gasteiger partial charge is 0.123 e. The van der Waals surface area contributed by atoms with Crippen molar-refractivity contribution >= 4 is 0 Å². The van der Waals surface area contributed by atoms with Gasteiger partial charge in [-0.15, -0.1) is 0 Å². The van der Waals surface area contributed by atoms with E-state index >= 15 is 0 Å². The van der Waals surface area contributed by atoms with Gasteiger partial charge in [0.25, 0.3) is 0 Å². The number of pyridine rings is 1. The lowest BCUT2D eigenvalue weighted by molar-refractivity contribution is 0.401. The Morgan fingerprint density at radius 3 is 2.58 bits per heavy atom. The first-order valence-corrected chi connectivity index (χ1v) is 9.51. The lowest BCUT2D eigenvalue weighted by Gasteiger charge is -2.24. The molecule has 1 aliphatic rings. The van der Waals surface area contributed by atoms with E-state index in [4.69, 9.17) is 4.98 Å². The predicted octanol–water partition coefficient (Wildman–Crippen LogP) is 6.35. The summed E-state index contributed by atoms with van der Waals surface area (Å²) in [7, 11) is 0. The van der Waals surface area contributed by atoms with Crippen molar-refractivity contribution in [3.63, 3.8) is 0 Å². The Morgan fingerprint density at radius 1 is 1.00 bits per heavy atom. The van der Waals surface area contributed by atoms with Crippen LogP contribution in [0.5, 0.6) is 0 Å². The number of aromatic nitrogens is 1. The Hall–Kier alpha value is -1.70. The summed E-state index contributed by atoms with van der Waals surface area (Å²) in [6, 6.07) is 11.0. The van der Waals surface area contributed by atoms with Crippen LogP contribution in [-0.4, -0.2) is 4.98 Å². The minimum atomic E-state index is -0.196. The number of fused-ring (bicyclic) bond motifs is 1. The molecule has 2 aromatic rings. The Labute approximate surface area is 145 Å². The third kappa shape index (κ3) is 4.43. The van der Waals surface area contributed by atoms with Crippen molar-refractivity contribution in [3.05, 3.63) is 53.5 Å². The molecule has 1 heterocycles. The second-order valence-electron chi connectivity index (χ2n) is 7.12. The zero-order valence-corrected chi connectivity index (χ0v) is 14.7. The van der Waals surface area contributed by atoms with Gasteiger partial charge in [-0.25, -0.2) is 4.39 Å². The highest BCUT2D eigenvalue weighted by Gasteiger charge is 2.19. The first kappa shape index (κ1) is 17.1. The lowest BCUT2D eigenvalue weighted by Crippen LogP contribution is -2.15. The Kier molecular flexibility index (Phi) is 6.01. The average Bonchev–Trinajstić information content (AvgIpc) is 2.62. The van der Waals surface area contributed by atoms with E-state index < -0.39 is 0 Å². The van der Waals surface area contributed by atoms with E-state index in [0.29, 0.717) is 0 Å². The fourth-order valence-electron chi connectivity index (χ4n) is 3.75. The summed E-state index contributed by atoms with van der Waals surface area (Å²) in [6.45, 7) is 2.27. The molecule has 0 saturated heterocycles. The van der Waals surface area contributed by atoms with Gasteiger partial charge in [0.05, 0.1) is 5.69 Å². The van der Waals surface area contributed by atoms with Crippen LogP contribution in [0.2, 0.25) is 0 Å². The van der Waals surface area contributed by atoms with Crippen LogP contribution >= 0.6 is 0 Å². The van der Waals surface area contributed by atoms with Gasteiger partial charge >= 0.3 is 0 Å². The van der Waals surface area contributed by atoms with E-state index in [1.165, 1.54) is 74.8 Å². The van der Waals surface area contributed by atoms with E-state index in [1.54, 1.807) is 0 Å². The molecule has 1 atom stereocenters. The van der Waals surface area contributed by atoms with Crippen LogP contribution in [0, 0.1) is 11.7 Å². The van der Waals surface area contributed by atoms with Gasteiger partial charge in [0, 0.05) is 11.3 Å². The molecule has 0 spiro atoms. The molecule has 0 amide bonds. The van der Waals surface area contributed by atoms with E-state index in [0.717, 1.165) is 23.6 Å². The van der Waals surface area contributed by atoms with Crippen molar-refractivity contribution in [1.29, 1.82) is 0 Å². The van der Waals surface area contributed by atoms with Crippen molar-refractivity contribution in [2.45, 2.75) is 64.7 Å². The molecule has 1 nitrogen and oxygen atoms in total. The highest BCUT2D eigenvalue weighted by molar-refractivity contribution is 5.59. The fraction of sp³-hybridized carbons (Fsp3) is 0.500. The molecular weight excluding hydrogens is 297 g/mol. The second kappa shape index (κ2) is 8.41. The summed E-state index contributed by atoms with van der Waals surface area (Å²) in [5, 5.41) is 0. The summed E-state index contributed by atoms with van der Waals surface area (Å²) in [6.07, 6.45) is 11.7. The highest BCUT2D eigenvalue weighted by atomic mass is 19.1. The predicted molar refractivity (Wildman–Crippen MR) is 98.5 cm³/mol. The van der Waals surface area contributed by atoms with Gasteiger partial charge in [0.2, 0.25) is 0 Å². The van der Waals surface area contributed by atoms with E-state index in [9.17, 15) is 4.39 Å². The molecule has 0 aliphatic heterocycles. The summed E-state index contributed by atoms with van der Waals surface area (Å²) in [4.78, 5) is 4.85. The molecule has 1 aromatic carbocycles. The van der Waals surface area contributed by atoms with E-state index in [1.807, 2.05) is 12.1 Å².